The monoisotopic (exact) mass is 496 g/mol. The van der Waals surface area contributed by atoms with E-state index in [1.807, 2.05) is 19.1 Å². The Morgan fingerprint density at radius 2 is 1.42 bits per heavy atom. The molecule has 3 aromatic carbocycles. The molecule has 5 heteroatoms. The molecule has 1 nitrogen and oxygen atoms in total. The first-order valence-corrected chi connectivity index (χ1v) is 12.7. The van der Waals surface area contributed by atoms with Crippen molar-refractivity contribution in [1.29, 1.82) is 0 Å². The van der Waals surface area contributed by atoms with Gasteiger partial charge in [0, 0.05) is 17.0 Å². The number of benzene rings is 3. The van der Waals surface area contributed by atoms with Gasteiger partial charge in [0.05, 0.1) is 12.7 Å². The minimum absolute atomic E-state index is 0.0209. The molecule has 4 rings (SSSR count). The molecular formula is C31H32F4O. The Labute approximate surface area is 210 Å². The Morgan fingerprint density at radius 3 is 2.00 bits per heavy atom. The third-order valence-corrected chi connectivity index (χ3v) is 6.99. The van der Waals surface area contributed by atoms with E-state index in [-0.39, 0.29) is 23.1 Å². The van der Waals surface area contributed by atoms with Crippen molar-refractivity contribution in [2.75, 3.05) is 6.61 Å². The Balaban J connectivity index is 1.53. The van der Waals surface area contributed by atoms with Gasteiger partial charge in [-0.05, 0) is 54.9 Å². The van der Waals surface area contributed by atoms with Gasteiger partial charge in [0.2, 0.25) is 0 Å². The molecule has 0 amide bonds. The van der Waals surface area contributed by atoms with Crippen molar-refractivity contribution in [2.24, 2.45) is 0 Å². The molecule has 1 saturated heterocycles. The maximum Gasteiger partial charge on any atom is 0.166 e. The molecule has 1 aliphatic heterocycles. The number of hydrogen-bond acceptors (Lipinski definition) is 1. The van der Waals surface area contributed by atoms with E-state index in [0.29, 0.717) is 35.3 Å². The summed E-state index contributed by atoms with van der Waals surface area (Å²) in [6, 6.07) is 12.8. The highest BCUT2D eigenvalue weighted by Gasteiger charge is 2.26. The van der Waals surface area contributed by atoms with E-state index in [9.17, 15) is 8.78 Å². The lowest BCUT2D eigenvalue weighted by atomic mass is 9.89. The van der Waals surface area contributed by atoms with Crippen LogP contribution in [0.25, 0.3) is 22.3 Å². The summed E-state index contributed by atoms with van der Waals surface area (Å²) in [5.41, 5.74) is 1.91. The molecule has 0 aromatic heterocycles. The highest BCUT2D eigenvalue weighted by molar-refractivity contribution is 5.71. The maximum absolute atomic E-state index is 15.1. The molecule has 1 aliphatic rings. The predicted molar refractivity (Wildman–Crippen MR) is 137 cm³/mol. The lowest BCUT2D eigenvalue weighted by molar-refractivity contribution is 0.0317. The van der Waals surface area contributed by atoms with Crippen LogP contribution in [0.1, 0.15) is 63.0 Å². The second-order valence-electron chi connectivity index (χ2n) is 9.44. The van der Waals surface area contributed by atoms with Crippen LogP contribution in [0.5, 0.6) is 0 Å². The zero-order valence-electron chi connectivity index (χ0n) is 20.8. The van der Waals surface area contributed by atoms with Gasteiger partial charge in [-0.1, -0.05) is 80.4 Å². The highest BCUT2D eigenvalue weighted by atomic mass is 19.2. The van der Waals surface area contributed by atoms with E-state index >= 15 is 8.78 Å². The number of aryl methyl sites for hydroxylation is 1. The molecule has 36 heavy (non-hydrogen) atoms. The number of ether oxygens (including phenoxy) is 1. The summed E-state index contributed by atoms with van der Waals surface area (Å²) in [5, 5.41) is 0. The minimum Gasteiger partial charge on any atom is -0.374 e. The van der Waals surface area contributed by atoms with Crippen LogP contribution in [0, 0.1) is 23.3 Å². The third-order valence-electron chi connectivity index (χ3n) is 6.99. The van der Waals surface area contributed by atoms with Gasteiger partial charge in [-0.2, -0.15) is 0 Å². The van der Waals surface area contributed by atoms with Crippen molar-refractivity contribution in [2.45, 2.75) is 64.4 Å². The van der Waals surface area contributed by atoms with Crippen molar-refractivity contribution < 1.29 is 22.3 Å². The first-order chi connectivity index (χ1) is 17.4. The fraction of sp³-hybridized carbons (Fsp3) is 0.355. The van der Waals surface area contributed by atoms with Gasteiger partial charge >= 0.3 is 0 Å². The summed E-state index contributed by atoms with van der Waals surface area (Å²) in [6.07, 6.45) is 8.69. The Bertz CT molecular complexity index is 1210. The summed E-state index contributed by atoms with van der Waals surface area (Å²) in [4.78, 5) is 0. The molecule has 0 bridgehead atoms. The first kappa shape index (κ1) is 26.2. The van der Waals surface area contributed by atoms with Gasteiger partial charge in [0.1, 0.15) is 0 Å². The van der Waals surface area contributed by atoms with Crippen LogP contribution in [-0.4, -0.2) is 12.7 Å². The van der Waals surface area contributed by atoms with Crippen molar-refractivity contribution >= 4 is 0 Å². The number of allylic oxidation sites excluding steroid dienone is 1. The Morgan fingerprint density at radius 1 is 0.778 bits per heavy atom. The molecular weight excluding hydrogens is 464 g/mol. The molecule has 0 aliphatic carbocycles. The second-order valence-corrected chi connectivity index (χ2v) is 9.44. The molecule has 190 valence electrons. The van der Waals surface area contributed by atoms with Crippen molar-refractivity contribution in [1.82, 2.24) is 0 Å². The Kier molecular flexibility index (Phi) is 8.63. The second kappa shape index (κ2) is 11.9. The van der Waals surface area contributed by atoms with Crippen LogP contribution in [0.15, 0.2) is 60.7 Å². The van der Waals surface area contributed by atoms with E-state index < -0.39 is 23.3 Å². The standard InChI is InChI=1S/C31H32F4O/c1-3-5-6-8-22-14-16-25(29(33)28(22)32)20-9-11-21(12-10-20)26-17-18-27(31(35)30(26)34)23-13-15-24(7-4-2)36-19-23/h4,7,9-12,14,16-18,23-24H,3,5-6,8,13,15,19H2,1-2H3/b7-4+. The predicted octanol–water partition coefficient (Wildman–Crippen LogP) is 9.15. The summed E-state index contributed by atoms with van der Waals surface area (Å²) < 4.78 is 65.3. The van der Waals surface area contributed by atoms with Crippen LogP contribution in [-0.2, 0) is 11.2 Å². The normalized spacial score (nSPS) is 18.2. The molecule has 0 saturated carbocycles. The van der Waals surface area contributed by atoms with E-state index in [4.69, 9.17) is 4.74 Å². The molecule has 0 spiro atoms. The number of halogens is 4. The number of hydrogen-bond donors (Lipinski definition) is 0. The van der Waals surface area contributed by atoms with Gasteiger partial charge in [-0.25, -0.2) is 17.6 Å². The maximum atomic E-state index is 15.1. The van der Waals surface area contributed by atoms with Crippen LogP contribution < -0.4 is 0 Å². The lowest BCUT2D eigenvalue weighted by Gasteiger charge is -2.28. The largest absolute Gasteiger partial charge is 0.374 e. The zero-order valence-corrected chi connectivity index (χ0v) is 20.8. The molecule has 2 atom stereocenters. The molecule has 1 fully saturated rings. The van der Waals surface area contributed by atoms with Gasteiger partial charge in [-0.3, -0.25) is 0 Å². The van der Waals surface area contributed by atoms with Crippen LogP contribution in [0.4, 0.5) is 17.6 Å². The molecule has 3 aromatic rings. The van der Waals surface area contributed by atoms with Gasteiger partial charge < -0.3 is 4.74 Å². The quantitative estimate of drug-likeness (QED) is 0.172. The van der Waals surface area contributed by atoms with Crippen LogP contribution in [0.2, 0.25) is 0 Å². The van der Waals surface area contributed by atoms with Crippen molar-refractivity contribution in [3.05, 3.63) is 95.1 Å². The van der Waals surface area contributed by atoms with Crippen molar-refractivity contribution in [3.8, 4) is 22.3 Å². The first-order valence-electron chi connectivity index (χ1n) is 12.7. The molecule has 0 N–H and O–H groups in total. The van der Waals surface area contributed by atoms with Gasteiger partial charge in [0.25, 0.3) is 0 Å². The van der Waals surface area contributed by atoms with Gasteiger partial charge in [0.15, 0.2) is 23.3 Å². The SMILES string of the molecule is C/C=C/C1CCC(c2ccc(-c3ccc(-c4ccc(CCCCC)c(F)c4F)cc3)c(F)c2F)CO1. The van der Waals surface area contributed by atoms with E-state index in [2.05, 4.69) is 6.92 Å². The van der Waals surface area contributed by atoms with E-state index in [1.165, 1.54) is 0 Å². The lowest BCUT2D eigenvalue weighted by Crippen LogP contribution is -2.24. The highest BCUT2D eigenvalue weighted by Crippen LogP contribution is 2.35. The topological polar surface area (TPSA) is 9.23 Å². The number of unbranched alkanes of at least 4 members (excludes halogenated alkanes) is 2. The average Bonchev–Trinajstić information content (AvgIpc) is 2.89. The Hall–Kier alpha value is -2.92. The summed E-state index contributed by atoms with van der Waals surface area (Å²) in [7, 11) is 0. The zero-order chi connectivity index (χ0) is 25.7. The van der Waals surface area contributed by atoms with E-state index in [1.54, 1.807) is 48.5 Å². The van der Waals surface area contributed by atoms with Crippen molar-refractivity contribution in [3.63, 3.8) is 0 Å². The summed E-state index contributed by atoms with van der Waals surface area (Å²) >= 11 is 0. The third kappa shape index (κ3) is 5.57. The van der Waals surface area contributed by atoms with Crippen LogP contribution in [0.3, 0.4) is 0 Å². The smallest absolute Gasteiger partial charge is 0.166 e. The molecule has 1 heterocycles. The fourth-order valence-electron chi connectivity index (χ4n) is 4.89. The summed E-state index contributed by atoms with van der Waals surface area (Å²) in [5.74, 6) is -3.67. The van der Waals surface area contributed by atoms with Gasteiger partial charge in [-0.15, -0.1) is 0 Å². The van der Waals surface area contributed by atoms with Crippen LogP contribution >= 0.6 is 0 Å². The average molecular weight is 497 g/mol. The van der Waals surface area contributed by atoms with E-state index in [0.717, 1.165) is 32.1 Å². The summed E-state index contributed by atoms with van der Waals surface area (Å²) in [6.45, 7) is 4.33. The molecule has 2 unspecified atom stereocenters. The minimum atomic E-state index is -0.913. The number of rotatable bonds is 8. The fourth-order valence-corrected chi connectivity index (χ4v) is 4.89. The molecule has 0 radical (unpaired) electrons.